The Labute approximate surface area is 508 Å². The number of para-hydroxylation sites is 2. The zero-order valence-corrected chi connectivity index (χ0v) is 49.5. The summed E-state index contributed by atoms with van der Waals surface area (Å²) in [6.07, 6.45) is 0. The monoisotopic (exact) mass is 1170 g/mol. The van der Waals surface area contributed by atoms with Gasteiger partial charge in [0.2, 0.25) is 0 Å². The quantitative estimate of drug-likeness (QED) is 0.146. The molecule has 0 spiro atoms. The highest BCUT2D eigenvalue weighted by Gasteiger charge is 2.51. The summed E-state index contributed by atoms with van der Waals surface area (Å²) >= 11 is 9.78. The third-order valence-electron chi connectivity index (χ3n) is 16.9. The lowest BCUT2D eigenvalue weighted by Crippen LogP contribution is -2.41. The molecule has 0 unspecified atom stereocenters. The molecule has 1 aliphatic heterocycles. The molecule has 0 radical (unpaired) electrons. The first-order valence-corrected chi connectivity index (χ1v) is 30.6. The van der Waals surface area contributed by atoms with E-state index >= 15 is 0 Å². The molecule has 86 heavy (non-hydrogen) atoms. The minimum Gasteiger partial charge on any atom is -0.455 e. The van der Waals surface area contributed by atoms with Crippen molar-refractivity contribution in [2.45, 2.75) is 38.9 Å². The minimum absolute atomic E-state index is 0.407. The van der Waals surface area contributed by atoms with Gasteiger partial charge in [-0.3, -0.25) is 0 Å². The van der Waals surface area contributed by atoms with Gasteiger partial charge in [0.1, 0.15) is 22.3 Å². The van der Waals surface area contributed by atoms with Crippen molar-refractivity contribution in [1.29, 1.82) is 0 Å². The van der Waals surface area contributed by atoms with E-state index < -0.39 is 18.3 Å². The molecular weight excluding hydrogens is 1120 g/mol. The summed E-state index contributed by atoms with van der Waals surface area (Å²) in [7, 11) is -0.437. The maximum absolute atomic E-state index is 6.54. The molecule has 8 nitrogen and oxygen atoms in total. The zero-order chi connectivity index (χ0) is 57.8. The molecule has 0 aliphatic carbocycles. The first-order valence-electron chi connectivity index (χ1n) is 28.6. The number of nitrogens with zero attached hydrogens (tertiary/aromatic N) is 4. The molecule has 16 aromatic rings. The van der Waals surface area contributed by atoms with Crippen LogP contribution in [-0.4, -0.2) is 38.3 Å². The Balaban J connectivity index is 0.000000142. The van der Waals surface area contributed by atoms with Gasteiger partial charge >= 0.3 is 7.12 Å². The van der Waals surface area contributed by atoms with E-state index in [1.54, 1.807) is 22.7 Å². The fraction of sp³-hybridized carbons (Fsp3) is 0.0811. The molecule has 0 saturated carbocycles. The largest absolute Gasteiger partial charge is 0.494 e. The number of furan rings is 2. The van der Waals surface area contributed by atoms with Gasteiger partial charge in [0.25, 0.3) is 0 Å². The summed E-state index contributed by atoms with van der Waals surface area (Å²) in [4.78, 5) is 20.6. The van der Waals surface area contributed by atoms with Gasteiger partial charge in [-0.15, -0.1) is 22.7 Å². The summed E-state index contributed by atoms with van der Waals surface area (Å²) < 4.78 is 30.2. The lowest BCUT2D eigenvalue weighted by Gasteiger charge is -2.32. The fourth-order valence-electron chi connectivity index (χ4n) is 11.8. The lowest BCUT2D eigenvalue weighted by molar-refractivity contribution is 0.00578. The smallest absolute Gasteiger partial charge is 0.455 e. The van der Waals surface area contributed by atoms with Crippen molar-refractivity contribution in [3.05, 3.63) is 236 Å². The number of benzene rings is 10. The summed E-state index contributed by atoms with van der Waals surface area (Å²) in [6, 6.07) is 79.0. The second-order valence-corrected chi connectivity index (χ2v) is 25.3. The highest BCUT2D eigenvalue weighted by atomic mass is 35.5. The van der Waals surface area contributed by atoms with E-state index in [1.165, 1.54) is 9.40 Å². The predicted octanol–water partition coefficient (Wildman–Crippen LogP) is 20.4. The predicted molar refractivity (Wildman–Crippen MR) is 358 cm³/mol. The minimum atomic E-state index is -0.437. The summed E-state index contributed by atoms with van der Waals surface area (Å²) in [5.74, 6) is 1.40. The number of fused-ring (bicyclic) bond motifs is 12. The molecule has 7 heterocycles. The molecular formula is C74H50BClN4O4S2. The van der Waals surface area contributed by atoms with Gasteiger partial charge in [-0.05, 0) is 92.8 Å². The van der Waals surface area contributed by atoms with Crippen LogP contribution in [0.15, 0.2) is 239 Å². The van der Waals surface area contributed by atoms with Crippen molar-refractivity contribution in [3.63, 3.8) is 0 Å². The van der Waals surface area contributed by atoms with Crippen molar-refractivity contribution in [3.8, 4) is 67.5 Å². The molecule has 0 atom stereocenters. The van der Waals surface area contributed by atoms with E-state index in [4.69, 9.17) is 49.7 Å². The number of aromatic nitrogens is 4. The molecule has 12 heteroatoms. The molecule has 1 aliphatic rings. The van der Waals surface area contributed by atoms with Crippen molar-refractivity contribution in [2.75, 3.05) is 0 Å². The third kappa shape index (κ3) is 8.88. The second kappa shape index (κ2) is 20.4. The van der Waals surface area contributed by atoms with Crippen molar-refractivity contribution >= 4 is 131 Å². The molecule has 1 fully saturated rings. The van der Waals surface area contributed by atoms with Crippen molar-refractivity contribution in [2.24, 2.45) is 0 Å². The second-order valence-electron chi connectivity index (χ2n) is 22.8. The van der Waals surface area contributed by atoms with E-state index in [0.29, 0.717) is 16.7 Å². The molecule has 6 aromatic heterocycles. The molecule has 1 saturated heterocycles. The summed E-state index contributed by atoms with van der Waals surface area (Å²) in [5.41, 5.74) is 15.6. The maximum Gasteiger partial charge on any atom is 0.494 e. The van der Waals surface area contributed by atoms with Gasteiger partial charge < -0.3 is 18.1 Å². The van der Waals surface area contributed by atoms with Gasteiger partial charge in [0.05, 0.1) is 43.0 Å². The van der Waals surface area contributed by atoms with E-state index in [1.807, 2.05) is 42.5 Å². The Hall–Kier alpha value is -9.33. The average molecular weight is 1170 g/mol. The summed E-state index contributed by atoms with van der Waals surface area (Å²) in [6.45, 7) is 8.31. The van der Waals surface area contributed by atoms with Crippen LogP contribution in [0.5, 0.6) is 0 Å². The number of hydrogen-bond acceptors (Lipinski definition) is 10. The van der Waals surface area contributed by atoms with Crippen LogP contribution in [0.4, 0.5) is 0 Å². The van der Waals surface area contributed by atoms with Gasteiger partial charge in [0.15, 0.2) is 11.6 Å². The highest BCUT2D eigenvalue weighted by Crippen LogP contribution is 2.44. The van der Waals surface area contributed by atoms with Crippen LogP contribution < -0.4 is 5.46 Å². The van der Waals surface area contributed by atoms with Crippen LogP contribution in [0.25, 0.3) is 152 Å². The molecule has 0 N–H and O–H groups in total. The van der Waals surface area contributed by atoms with Crippen LogP contribution in [0.1, 0.15) is 27.7 Å². The Kier molecular flexibility index (Phi) is 12.4. The number of rotatable bonds is 7. The van der Waals surface area contributed by atoms with Gasteiger partial charge in [-0.2, -0.15) is 0 Å². The Morgan fingerprint density at radius 3 is 1.30 bits per heavy atom. The Morgan fingerprint density at radius 1 is 0.372 bits per heavy atom. The van der Waals surface area contributed by atoms with Gasteiger partial charge in [0, 0.05) is 80.1 Å². The third-order valence-corrected chi connectivity index (χ3v) is 19.5. The van der Waals surface area contributed by atoms with Crippen LogP contribution in [0.2, 0.25) is 5.02 Å². The number of halogens is 1. The van der Waals surface area contributed by atoms with E-state index in [9.17, 15) is 0 Å². The van der Waals surface area contributed by atoms with Crippen molar-refractivity contribution < 1.29 is 18.1 Å². The maximum atomic E-state index is 6.54. The van der Waals surface area contributed by atoms with Crippen LogP contribution >= 0.6 is 34.3 Å². The topological polar surface area (TPSA) is 96.3 Å². The highest BCUT2D eigenvalue weighted by molar-refractivity contribution is 7.26. The van der Waals surface area contributed by atoms with E-state index in [0.717, 1.165) is 136 Å². The standard InChI is InChI=1S/C40H31BN2O3S.C34H19ClN2OS/c1-39(2)40(3,4)46-41(45-39)27-20-21-32-31(23-27)29-18-11-17-28(36(29)44-32)25-14-10-15-26(22-25)38-42-34(24-12-6-5-7-13-24)37-35(43-38)30-16-8-9-19-33(30)47-37;35-23-16-17-28-27(19-23)25-14-7-13-24(32(25)38-28)21-10-6-11-22(18-21)34-36-30(20-8-2-1-3-9-20)33-31(37-34)26-12-4-5-15-29(26)39-33/h5-23H,1-4H3;1-19H. The molecule has 17 rings (SSSR count). The first kappa shape index (κ1) is 52.2. The fourth-order valence-corrected chi connectivity index (χ4v) is 14.3. The normalized spacial score (nSPS) is 13.9. The van der Waals surface area contributed by atoms with Crippen LogP contribution in [0, 0.1) is 0 Å². The van der Waals surface area contributed by atoms with Gasteiger partial charge in [-0.25, -0.2) is 19.9 Å². The van der Waals surface area contributed by atoms with E-state index in [2.05, 4.69) is 216 Å². The lowest BCUT2D eigenvalue weighted by atomic mass is 9.78. The van der Waals surface area contributed by atoms with Crippen LogP contribution in [0.3, 0.4) is 0 Å². The first-order chi connectivity index (χ1) is 42.0. The molecule has 0 amide bonds. The number of thiophene rings is 2. The average Bonchev–Trinajstić information content (AvgIpc) is 2.07. The molecule has 412 valence electrons. The SMILES string of the molecule is CC1(C)OB(c2ccc3oc4c(-c5cccc(-c6nc(-c7ccccc7)c7sc8ccccc8c7n6)c5)cccc4c3c2)OC1(C)C.Clc1ccc2oc3c(-c4cccc(-c5nc(-c6ccccc6)c6sc7ccccc7c6n5)c4)cccc3c2c1. The summed E-state index contributed by atoms with van der Waals surface area (Å²) in [5, 5.41) is 7.15. The zero-order valence-electron chi connectivity index (χ0n) is 47.1. The Morgan fingerprint density at radius 2 is 0.791 bits per heavy atom. The molecule has 10 aromatic carbocycles. The van der Waals surface area contributed by atoms with E-state index in [-0.39, 0.29) is 0 Å². The Bertz CT molecular complexity index is 5350. The number of hydrogen-bond donors (Lipinski definition) is 0. The van der Waals surface area contributed by atoms with Crippen LogP contribution in [-0.2, 0) is 9.31 Å². The van der Waals surface area contributed by atoms with Gasteiger partial charge in [-0.1, -0.05) is 194 Å². The van der Waals surface area contributed by atoms with Crippen molar-refractivity contribution in [1.82, 2.24) is 19.9 Å². The molecule has 0 bridgehead atoms.